The summed E-state index contributed by atoms with van der Waals surface area (Å²) in [6.45, 7) is 12.7. The molecule has 2 aromatic carbocycles. The van der Waals surface area contributed by atoms with Crippen molar-refractivity contribution < 1.29 is 14.6 Å². The van der Waals surface area contributed by atoms with E-state index in [-0.39, 0.29) is 11.7 Å². The molecule has 0 bridgehead atoms. The molecular weight excluding hydrogens is 452 g/mol. The minimum Gasteiger partial charge on any atom is -0.507 e. The van der Waals surface area contributed by atoms with Crippen LogP contribution in [-0.2, 0) is 4.74 Å². The van der Waals surface area contributed by atoms with Crippen molar-refractivity contribution in [1.82, 2.24) is 10.2 Å². The van der Waals surface area contributed by atoms with E-state index in [9.17, 15) is 9.90 Å². The van der Waals surface area contributed by atoms with Gasteiger partial charge in [-0.25, -0.2) is 4.79 Å². The first-order chi connectivity index (χ1) is 17.2. The number of ether oxygens (including phenoxy) is 1. The predicted molar refractivity (Wildman–Crippen MR) is 147 cm³/mol. The normalized spacial score (nSPS) is 12.2. The van der Waals surface area contributed by atoms with Gasteiger partial charge in [0.1, 0.15) is 5.75 Å². The number of methoxy groups -OCH3 is 1. The summed E-state index contributed by atoms with van der Waals surface area (Å²) in [4.78, 5) is 13.3. The summed E-state index contributed by atoms with van der Waals surface area (Å²) in [5.41, 5.74) is 10.0. The van der Waals surface area contributed by atoms with Crippen molar-refractivity contribution in [3.63, 3.8) is 0 Å². The molecule has 0 radical (unpaired) electrons. The van der Waals surface area contributed by atoms with Crippen LogP contribution in [0.3, 0.4) is 0 Å². The number of aromatic hydroxyl groups is 1. The van der Waals surface area contributed by atoms with Crippen LogP contribution in [0.1, 0.15) is 56.5 Å². The van der Waals surface area contributed by atoms with Gasteiger partial charge in [-0.3, -0.25) is 0 Å². The minimum atomic E-state index is -0.284. The Kier molecular flexibility index (Phi) is 11.2. The maximum Gasteiger partial charge on any atom is 0.337 e. The van der Waals surface area contributed by atoms with E-state index < -0.39 is 0 Å². The lowest BCUT2D eigenvalue weighted by molar-refractivity contribution is 0.0600. The molecule has 7 nitrogen and oxygen atoms in total. The number of anilines is 2. The molecule has 0 amide bonds. The second-order valence-corrected chi connectivity index (χ2v) is 9.31. The molecule has 0 fully saturated rings. The van der Waals surface area contributed by atoms with E-state index in [0.29, 0.717) is 34.5 Å². The highest BCUT2D eigenvalue weighted by molar-refractivity contribution is 5.89. The zero-order valence-corrected chi connectivity index (χ0v) is 22.4. The number of rotatable bonds is 9. The highest BCUT2D eigenvalue weighted by Crippen LogP contribution is 2.32. The lowest BCUT2D eigenvalue weighted by Gasteiger charge is -2.30. The van der Waals surface area contributed by atoms with E-state index in [1.165, 1.54) is 7.11 Å². The third-order valence-electron chi connectivity index (χ3n) is 6.22. The lowest BCUT2D eigenvalue weighted by atomic mass is 10.0. The van der Waals surface area contributed by atoms with Crippen molar-refractivity contribution >= 4 is 17.5 Å². The number of nitrogens with two attached hydrogens (primary N) is 1. The SMILES string of the molecule is CC[C@@H](C)CN(C[C@H](C)CC)c1cc(-c2ccccc2O)nnc1N.COC(=O)c1cccc(C)c1. The Morgan fingerprint density at radius 2 is 1.64 bits per heavy atom. The monoisotopic (exact) mass is 492 g/mol. The third kappa shape index (κ3) is 8.26. The quantitative estimate of drug-likeness (QED) is 0.347. The van der Waals surface area contributed by atoms with Crippen molar-refractivity contribution in [2.24, 2.45) is 11.8 Å². The highest BCUT2D eigenvalue weighted by atomic mass is 16.5. The molecule has 36 heavy (non-hydrogen) atoms. The van der Waals surface area contributed by atoms with Gasteiger partial charge in [0.15, 0.2) is 5.82 Å². The molecule has 0 aliphatic carbocycles. The van der Waals surface area contributed by atoms with E-state index in [4.69, 9.17) is 5.73 Å². The second kappa shape index (κ2) is 14.1. The Labute approximate surface area is 215 Å². The average Bonchev–Trinajstić information content (AvgIpc) is 2.88. The molecule has 3 rings (SSSR count). The van der Waals surface area contributed by atoms with E-state index >= 15 is 0 Å². The number of carbonyl (C=O) groups excluding carboxylic acids is 1. The van der Waals surface area contributed by atoms with Crippen LogP contribution < -0.4 is 10.6 Å². The van der Waals surface area contributed by atoms with Gasteiger partial charge in [0.25, 0.3) is 0 Å². The molecule has 1 aromatic heterocycles. The number of hydrogen-bond acceptors (Lipinski definition) is 7. The molecule has 1 heterocycles. The van der Waals surface area contributed by atoms with Crippen molar-refractivity contribution in [2.75, 3.05) is 30.8 Å². The summed E-state index contributed by atoms with van der Waals surface area (Å²) >= 11 is 0. The van der Waals surface area contributed by atoms with Crippen LogP contribution in [0.15, 0.2) is 54.6 Å². The van der Waals surface area contributed by atoms with Gasteiger partial charge in [0, 0.05) is 18.7 Å². The van der Waals surface area contributed by atoms with Gasteiger partial charge in [-0.15, -0.1) is 10.2 Å². The van der Waals surface area contributed by atoms with E-state index in [2.05, 4.69) is 47.5 Å². The molecule has 0 saturated heterocycles. The van der Waals surface area contributed by atoms with Crippen LogP contribution >= 0.6 is 0 Å². The number of phenolic OH excluding ortho intramolecular Hbond substituents is 1. The minimum absolute atomic E-state index is 0.197. The first-order valence-corrected chi connectivity index (χ1v) is 12.5. The van der Waals surface area contributed by atoms with Gasteiger partial charge in [0.05, 0.1) is 24.1 Å². The average molecular weight is 493 g/mol. The summed E-state index contributed by atoms with van der Waals surface area (Å²) in [5.74, 6) is 1.47. The fourth-order valence-corrected chi connectivity index (χ4v) is 3.64. The number of para-hydroxylation sites is 1. The van der Waals surface area contributed by atoms with Gasteiger partial charge >= 0.3 is 5.97 Å². The molecule has 3 aromatic rings. The zero-order valence-electron chi connectivity index (χ0n) is 22.4. The summed E-state index contributed by atoms with van der Waals surface area (Å²) in [7, 11) is 1.38. The van der Waals surface area contributed by atoms with Crippen LogP contribution in [0.2, 0.25) is 0 Å². The van der Waals surface area contributed by atoms with Crippen molar-refractivity contribution in [1.29, 1.82) is 0 Å². The Morgan fingerprint density at radius 3 is 2.19 bits per heavy atom. The molecule has 2 atom stereocenters. The van der Waals surface area contributed by atoms with E-state index in [0.717, 1.165) is 37.2 Å². The number of phenols is 1. The van der Waals surface area contributed by atoms with Gasteiger partial charge in [-0.05, 0) is 49.1 Å². The van der Waals surface area contributed by atoms with Gasteiger partial charge in [-0.2, -0.15) is 0 Å². The van der Waals surface area contributed by atoms with Crippen LogP contribution in [0, 0.1) is 18.8 Å². The number of hydrogen-bond donors (Lipinski definition) is 2. The number of nitrogen functional groups attached to an aromatic ring is 1. The summed E-state index contributed by atoms with van der Waals surface area (Å²) in [6, 6.07) is 16.4. The smallest absolute Gasteiger partial charge is 0.337 e. The Balaban J connectivity index is 0.000000346. The molecule has 7 heteroatoms. The lowest BCUT2D eigenvalue weighted by Crippen LogP contribution is -2.33. The Hall–Kier alpha value is -3.61. The number of esters is 1. The van der Waals surface area contributed by atoms with Gasteiger partial charge < -0.3 is 20.5 Å². The van der Waals surface area contributed by atoms with Crippen molar-refractivity contribution in [3.05, 3.63) is 65.7 Å². The first kappa shape index (κ1) is 28.6. The fourth-order valence-electron chi connectivity index (χ4n) is 3.64. The summed E-state index contributed by atoms with van der Waals surface area (Å²) < 4.78 is 4.55. The first-order valence-electron chi connectivity index (χ1n) is 12.5. The van der Waals surface area contributed by atoms with Gasteiger partial charge in [-0.1, -0.05) is 70.4 Å². The number of benzene rings is 2. The number of carbonyl (C=O) groups is 1. The molecule has 194 valence electrons. The Bertz CT molecular complexity index is 1110. The maximum atomic E-state index is 10.9. The van der Waals surface area contributed by atoms with Crippen LogP contribution in [0.5, 0.6) is 5.75 Å². The summed E-state index contributed by atoms with van der Waals surface area (Å²) in [6.07, 6.45) is 2.23. The molecule has 0 unspecified atom stereocenters. The molecule has 0 spiro atoms. The number of nitrogens with zero attached hydrogens (tertiary/aromatic N) is 3. The molecule has 3 N–H and O–H groups in total. The topological polar surface area (TPSA) is 102 Å². The standard InChI is InChI=1S/C20H30N4O.C9H10O2/c1-5-14(3)12-24(13-15(4)6-2)18-11-17(22-23-20(18)21)16-9-7-8-10-19(16)25;1-7-4-3-5-8(6-7)9(10)11-2/h7-11,14-15,25H,5-6,12-13H2,1-4H3,(H2,21,23);3-6H,1-2H3/t14-,15-;/m1./s1. The predicted octanol–water partition coefficient (Wildman–Crippen LogP) is 6.11. The molecular formula is C29H40N4O3. The highest BCUT2D eigenvalue weighted by Gasteiger charge is 2.18. The van der Waals surface area contributed by atoms with Gasteiger partial charge in [0.2, 0.25) is 0 Å². The zero-order chi connectivity index (χ0) is 26.7. The molecule has 0 saturated carbocycles. The van der Waals surface area contributed by atoms with Crippen LogP contribution in [0.25, 0.3) is 11.3 Å². The molecule has 0 aliphatic rings. The number of aromatic nitrogens is 2. The molecule has 0 aliphatic heterocycles. The van der Waals surface area contributed by atoms with Crippen molar-refractivity contribution in [3.8, 4) is 17.0 Å². The number of aryl methyl sites for hydroxylation is 1. The summed E-state index contributed by atoms with van der Waals surface area (Å²) in [5, 5.41) is 18.5. The van der Waals surface area contributed by atoms with Crippen molar-refractivity contribution in [2.45, 2.75) is 47.5 Å². The van der Waals surface area contributed by atoms with E-state index in [1.807, 2.05) is 37.3 Å². The second-order valence-electron chi connectivity index (χ2n) is 9.31. The third-order valence-corrected chi connectivity index (χ3v) is 6.22. The van der Waals surface area contributed by atoms with Crippen LogP contribution in [0.4, 0.5) is 11.5 Å². The largest absolute Gasteiger partial charge is 0.507 e. The fraction of sp³-hybridized carbons (Fsp3) is 0.414. The van der Waals surface area contributed by atoms with Crippen LogP contribution in [-0.4, -0.2) is 41.5 Å². The Morgan fingerprint density at radius 1 is 1.00 bits per heavy atom. The maximum absolute atomic E-state index is 10.9. The van der Waals surface area contributed by atoms with E-state index in [1.54, 1.807) is 24.3 Å².